The average Bonchev–Trinajstić information content (AvgIpc) is 3.29. The second kappa shape index (κ2) is 9.27. The minimum absolute atomic E-state index is 0.0415. The molecule has 0 radical (unpaired) electrons. The number of piperidine rings is 1. The molecule has 5 rings (SSSR count). The van der Waals surface area contributed by atoms with Crippen molar-refractivity contribution < 1.29 is 14.3 Å². The molecule has 0 saturated carbocycles. The van der Waals surface area contributed by atoms with E-state index in [9.17, 15) is 9.59 Å². The molecule has 0 atom stereocenters. The maximum Gasteiger partial charge on any atom is 0.259 e. The third-order valence-electron chi connectivity index (χ3n) is 6.96. The predicted octanol–water partition coefficient (Wildman–Crippen LogP) is 3.57. The summed E-state index contributed by atoms with van der Waals surface area (Å²) in [7, 11) is 0. The lowest BCUT2D eigenvalue weighted by molar-refractivity contribution is 0.00899. The summed E-state index contributed by atoms with van der Waals surface area (Å²) in [4.78, 5) is 31.2. The van der Waals surface area contributed by atoms with Gasteiger partial charge in [0.2, 0.25) is 0 Å². The fourth-order valence-electron chi connectivity index (χ4n) is 5.11. The predicted molar refractivity (Wildman–Crippen MR) is 127 cm³/mol. The van der Waals surface area contributed by atoms with Gasteiger partial charge in [0.25, 0.3) is 11.5 Å². The topological polar surface area (TPSA) is 89.5 Å². The molecule has 0 aliphatic carbocycles. The SMILES string of the molecule is CCCOC1CCN(C(=O)c2cc3c(cc2C)[nH]c(=O)c2cnn(C4CCOCC4)c23)CC1. The summed E-state index contributed by atoms with van der Waals surface area (Å²) in [6.07, 6.45) is 6.35. The molecule has 2 fully saturated rings. The smallest absolute Gasteiger partial charge is 0.259 e. The van der Waals surface area contributed by atoms with E-state index in [0.717, 1.165) is 60.7 Å². The van der Waals surface area contributed by atoms with Crippen LogP contribution in [0.15, 0.2) is 23.1 Å². The lowest BCUT2D eigenvalue weighted by atomic mass is 10.0. The maximum atomic E-state index is 13.5. The summed E-state index contributed by atoms with van der Waals surface area (Å²) >= 11 is 0. The highest BCUT2D eigenvalue weighted by atomic mass is 16.5. The first-order chi connectivity index (χ1) is 16.1. The van der Waals surface area contributed by atoms with Gasteiger partial charge in [0.05, 0.1) is 34.8 Å². The minimum Gasteiger partial charge on any atom is -0.381 e. The van der Waals surface area contributed by atoms with Crippen molar-refractivity contribution in [1.29, 1.82) is 0 Å². The van der Waals surface area contributed by atoms with Crippen molar-refractivity contribution >= 4 is 27.7 Å². The largest absolute Gasteiger partial charge is 0.381 e. The molecule has 176 valence electrons. The van der Waals surface area contributed by atoms with E-state index in [4.69, 9.17) is 9.47 Å². The molecular weight excluding hydrogens is 420 g/mol. The van der Waals surface area contributed by atoms with Crippen molar-refractivity contribution in [1.82, 2.24) is 19.7 Å². The Bertz CT molecular complexity index is 1220. The fraction of sp³-hybridized carbons (Fsp3) is 0.560. The van der Waals surface area contributed by atoms with Crippen LogP contribution in [0.5, 0.6) is 0 Å². The molecule has 3 aromatic rings. The van der Waals surface area contributed by atoms with E-state index in [-0.39, 0.29) is 23.6 Å². The first-order valence-corrected chi connectivity index (χ1v) is 12.1. The second-order valence-electron chi connectivity index (χ2n) is 9.22. The molecule has 1 aromatic carbocycles. The monoisotopic (exact) mass is 452 g/mol. The van der Waals surface area contributed by atoms with E-state index in [2.05, 4.69) is 17.0 Å². The molecule has 2 aromatic heterocycles. The number of nitrogens with one attached hydrogen (secondary N) is 1. The summed E-state index contributed by atoms with van der Waals surface area (Å²) in [6, 6.07) is 4.05. The number of likely N-dealkylation sites (tertiary alicyclic amines) is 1. The molecule has 2 aliphatic heterocycles. The van der Waals surface area contributed by atoms with Crippen LogP contribution in [0.25, 0.3) is 21.8 Å². The molecule has 2 saturated heterocycles. The highest BCUT2D eigenvalue weighted by Gasteiger charge is 2.26. The molecule has 0 unspecified atom stereocenters. The van der Waals surface area contributed by atoms with Gasteiger partial charge in [-0.3, -0.25) is 14.3 Å². The third-order valence-corrected chi connectivity index (χ3v) is 6.96. The van der Waals surface area contributed by atoms with E-state index in [1.54, 1.807) is 6.20 Å². The molecular formula is C25H32N4O4. The van der Waals surface area contributed by atoms with Gasteiger partial charge < -0.3 is 19.4 Å². The number of hydrogen-bond donors (Lipinski definition) is 1. The van der Waals surface area contributed by atoms with Crippen molar-refractivity contribution in [2.75, 3.05) is 32.9 Å². The number of aromatic nitrogens is 3. The molecule has 1 amide bonds. The Balaban J connectivity index is 1.51. The Morgan fingerprint density at radius 3 is 2.67 bits per heavy atom. The number of fused-ring (bicyclic) bond motifs is 3. The van der Waals surface area contributed by atoms with Gasteiger partial charge in [0.15, 0.2) is 0 Å². The van der Waals surface area contributed by atoms with Crippen LogP contribution in [0, 0.1) is 6.92 Å². The van der Waals surface area contributed by atoms with Crippen LogP contribution in [0.2, 0.25) is 0 Å². The molecule has 2 aliphatic rings. The summed E-state index contributed by atoms with van der Waals surface area (Å²) in [5, 5.41) is 6.01. The van der Waals surface area contributed by atoms with E-state index < -0.39 is 0 Å². The van der Waals surface area contributed by atoms with Gasteiger partial charge in [-0.1, -0.05) is 6.92 Å². The van der Waals surface area contributed by atoms with Gasteiger partial charge in [0, 0.05) is 43.9 Å². The van der Waals surface area contributed by atoms with Crippen LogP contribution in [-0.4, -0.2) is 64.6 Å². The molecule has 0 bridgehead atoms. The molecule has 8 heteroatoms. The van der Waals surface area contributed by atoms with Crippen LogP contribution in [-0.2, 0) is 9.47 Å². The van der Waals surface area contributed by atoms with Gasteiger partial charge in [-0.05, 0) is 56.7 Å². The number of aryl methyl sites for hydroxylation is 1. The Morgan fingerprint density at radius 1 is 1.18 bits per heavy atom. The first-order valence-electron chi connectivity index (χ1n) is 12.1. The quantitative estimate of drug-likeness (QED) is 0.639. The minimum atomic E-state index is -0.150. The van der Waals surface area contributed by atoms with E-state index in [1.807, 2.05) is 28.6 Å². The lowest BCUT2D eigenvalue weighted by Gasteiger charge is -2.32. The van der Waals surface area contributed by atoms with Crippen LogP contribution in [0.3, 0.4) is 0 Å². The van der Waals surface area contributed by atoms with Gasteiger partial charge in [-0.25, -0.2) is 0 Å². The number of pyridine rings is 1. The van der Waals surface area contributed by atoms with E-state index >= 15 is 0 Å². The number of carbonyl (C=O) groups excluding carboxylic acids is 1. The zero-order chi connectivity index (χ0) is 22.9. The number of ether oxygens (including phenoxy) is 2. The van der Waals surface area contributed by atoms with E-state index in [0.29, 0.717) is 37.3 Å². The number of aromatic amines is 1. The summed E-state index contributed by atoms with van der Waals surface area (Å²) < 4.78 is 13.4. The Labute approximate surface area is 192 Å². The number of hydrogen-bond acceptors (Lipinski definition) is 5. The Kier molecular flexibility index (Phi) is 6.21. The zero-order valence-electron chi connectivity index (χ0n) is 19.4. The normalized spacial score (nSPS) is 18.4. The molecule has 0 spiro atoms. The number of H-pyrrole nitrogens is 1. The lowest BCUT2D eigenvalue weighted by Crippen LogP contribution is -2.41. The van der Waals surface area contributed by atoms with Crippen molar-refractivity contribution in [2.24, 2.45) is 0 Å². The van der Waals surface area contributed by atoms with Crippen LogP contribution < -0.4 is 5.56 Å². The zero-order valence-corrected chi connectivity index (χ0v) is 19.4. The maximum absolute atomic E-state index is 13.5. The van der Waals surface area contributed by atoms with Crippen LogP contribution >= 0.6 is 0 Å². The van der Waals surface area contributed by atoms with Crippen molar-refractivity contribution in [3.8, 4) is 0 Å². The highest BCUT2D eigenvalue weighted by molar-refractivity contribution is 6.07. The van der Waals surface area contributed by atoms with Crippen molar-refractivity contribution in [2.45, 2.75) is 58.1 Å². The molecule has 4 heterocycles. The van der Waals surface area contributed by atoms with Gasteiger partial charge in [-0.2, -0.15) is 5.10 Å². The van der Waals surface area contributed by atoms with Crippen LogP contribution in [0.4, 0.5) is 0 Å². The average molecular weight is 453 g/mol. The summed E-state index contributed by atoms with van der Waals surface area (Å²) in [5.41, 5.74) is 2.94. The number of carbonyl (C=O) groups is 1. The van der Waals surface area contributed by atoms with Crippen molar-refractivity contribution in [3.05, 3.63) is 39.8 Å². The second-order valence-corrected chi connectivity index (χ2v) is 9.22. The first kappa shape index (κ1) is 22.1. The fourth-order valence-corrected chi connectivity index (χ4v) is 5.11. The number of rotatable bonds is 5. The number of benzene rings is 1. The summed E-state index contributed by atoms with van der Waals surface area (Å²) in [5.74, 6) is 0.0415. The molecule has 33 heavy (non-hydrogen) atoms. The standard InChI is InChI=1S/C25H32N4O4/c1-3-10-33-18-4-8-28(9-5-18)25(31)19-14-20-22(13-16(19)2)27-24(30)21-15-26-29(23(20)21)17-6-11-32-12-7-17/h13-15,17-18H,3-12H2,1-2H3,(H,27,30). The third kappa shape index (κ3) is 4.17. The molecule has 1 N–H and O–H groups in total. The summed E-state index contributed by atoms with van der Waals surface area (Å²) in [6.45, 7) is 7.60. The number of amides is 1. The molecule has 8 nitrogen and oxygen atoms in total. The van der Waals surface area contributed by atoms with Gasteiger partial charge in [0.1, 0.15) is 0 Å². The van der Waals surface area contributed by atoms with Crippen LogP contribution in [0.1, 0.15) is 61.0 Å². The van der Waals surface area contributed by atoms with Gasteiger partial charge >= 0.3 is 0 Å². The number of nitrogens with zero attached hydrogens (tertiary/aromatic N) is 3. The highest BCUT2D eigenvalue weighted by Crippen LogP contribution is 2.30. The van der Waals surface area contributed by atoms with Crippen molar-refractivity contribution in [3.63, 3.8) is 0 Å². The Hall–Kier alpha value is -2.71. The Morgan fingerprint density at radius 2 is 1.94 bits per heavy atom. The van der Waals surface area contributed by atoms with E-state index in [1.165, 1.54) is 0 Å². The van der Waals surface area contributed by atoms with Gasteiger partial charge in [-0.15, -0.1) is 0 Å².